The molecule has 0 atom stereocenters. The molecule has 0 aliphatic carbocycles. The molecule has 0 unspecified atom stereocenters. The normalized spacial score (nSPS) is 10.7. The first-order valence-electron chi connectivity index (χ1n) is 9.85. The molecule has 0 aliphatic heterocycles. The molecule has 0 bridgehead atoms. The highest BCUT2D eigenvalue weighted by Gasteiger charge is 2.11. The Kier molecular flexibility index (Phi) is 9.05. The topological polar surface area (TPSA) is 30.5 Å². The van der Waals surface area contributed by atoms with Gasteiger partial charge in [-0.3, -0.25) is 0 Å². The third kappa shape index (κ3) is 6.38. The lowest BCUT2D eigenvalue weighted by Gasteiger charge is -2.16. The highest BCUT2D eigenvalue weighted by Crippen LogP contribution is 2.31. The molecule has 0 aliphatic rings. The first-order chi connectivity index (χ1) is 12.8. The van der Waals surface area contributed by atoms with E-state index in [2.05, 4.69) is 54.7 Å². The summed E-state index contributed by atoms with van der Waals surface area (Å²) < 4.78 is 11.4. The molecular formula is C23H33NO2. The molecule has 0 heterocycles. The van der Waals surface area contributed by atoms with Crippen LogP contribution >= 0.6 is 0 Å². The van der Waals surface area contributed by atoms with Crippen molar-refractivity contribution in [2.45, 2.75) is 46.0 Å². The first kappa shape index (κ1) is 20.3. The number of hydrogen-bond donors (Lipinski definition) is 1. The van der Waals surface area contributed by atoms with E-state index in [9.17, 15) is 0 Å². The summed E-state index contributed by atoms with van der Waals surface area (Å²) in [6.07, 6.45) is 5.36. The van der Waals surface area contributed by atoms with E-state index in [-0.39, 0.29) is 0 Å². The number of nitrogens with one attached hydrogen (secondary N) is 1. The van der Waals surface area contributed by atoms with E-state index >= 15 is 0 Å². The summed E-state index contributed by atoms with van der Waals surface area (Å²) in [5.74, 6) is 1.91. The van der Waals surface area contributed by atoms with E-state index in [1.54, 1.807) is 7.11 Å². The van der Waals surface area contributed by atoms with Crippen molar-refractivity contribution in [1.29, 1.82) is 0 Å². The van der Waals surface area contributed by atoms with Gasteiger partial charge in [0.25, 0.3) is 0 Å². The minimum Gasteiger partial charge on any atom is -0.496 e. The summed E-state index contributed by atoms with van der Waals surface area (Å²) in [7, 11) is 1.74. The van der Waals surface area contributed by atoms with Gasteiger partial charge in [0.05, 0.1) is 13.7 Å². The van der Waals surface area contributed by atoms with Crippen LogP contribution in [-0.4, -0.2) is 26.8 Å². The molecule has 142 valence electrons. The van der Waals surface area contributed by atoms with Gasteiger partial charge in [0.1, 0.15) is 11.5 Å². The van der Waals surface area contributed by atoms with Gasteiger partial charge in [-0.2, -0.15) is 0 Å². The molecule has 3 nitrogen and oxygen atoms in total. The number of rotatable bonds is 12. The van der Waals surface area contributed by atoms with E-state index in [0.717, 1.165) is 56.7 Å². The molecule has 0 fully saturated rings. The molecule has 0 spiro atoms. The van der Waals surface area contributed by atoms with E-state index < -0.39 is 0 Å². The second kappa shape index (κ2) is 11.6. The number of methoxy groups -OCH3 is 1. The number of hydrogen-bond acceptors (Lipinski definition) is 3. The van der Waals surface area contributed by atoms with E-state index in [1.165, 1.54) is 16.7 Å². The molecule has 2 rings (SSSR count). The van der Waals surface area contributed by atoms with Crippen LogP contribution in [0.4, 0.5) is 0 Å². The lowest BCUT2D eigenvalue weighted by atomic mass is 10.0. The Morgan fingerprint density at radius 1 is 0.846 bits per heavy atom. The Hall–Kier alpha value is -2.00. The molecule has 0 amide bonds. The number of benzene rings is 2. The molecule has 0 saturated carbocycles. The van der Waals surface area contributed by atoms with E-state index in [4.69, 9.17) is 9.47 Å². The maximum absolute atomic E-state index is 5.79. The predicted molar refractivity (Wildman–Crippen MR) is 109 cm³/mol. The Morgan fingerprint density at radius 3 is 2.31 bits per heavy atom. The maximum Gasteiger partial charge on any atom is 0.126 e. The van der Waals surface area contributed by atoms with Crippen LogP contribution in [0.3, 0.4) is 0 Å². The predicted octanol–water partition coefficient (Wildman–Crippen LogP) is 4.81. The molecule has 2 aromatic carbocycles. The van der Waals surface area contributed by atoms with Gasteiger partial charge < -0.3 is 14.8 Å². The van der Waals surface area contributed by atoms with Gasteiger partial charge >= 0.3 is 0 Å². The second-order valence-electron chi connectivity index (χ2n) is 6.54. The standard InChI is InChI=1S/C23H33NO2/c1-4-10-20-17-21(22(25-3)18-23(20)26-5-2)13-9-15-24-16-14-19-11-7-6-8-12-19/h6-8,11-12,17-18,24H,4-5,9-10,13-16H2,1-3H3. The fourth-order valence-electron chi connectivity index (χ4n) is 3.20. The van der Waals surface area contributed by atoms with E-state index in [0.29, 0.717) is 6.61 Å². The summed E-state index contributed by atoms with van der Waals surface area (Å²) in [5, 5.41) is 3.55. The average Bonchev–Trinajstić information content (AvgIpc) is 2.67. The fraction of sp³-hybridized carbons (Fsp3) is 0.478. The van der Waals surface area contributed by atoms with Crippen LogP contribution in [0, 0.1) is 0 Å². The quantitative estimate of drug-likeness (QED) is 0.554. The van der Waals surface area contributed by atoms with Crippen molar-refractivity contribution < 1.29 is 9.47 Å². The SMILES string of the molecule is CCCc1cc(CCCNCCc2ccccc2)c(OC)cc1OCC. The van der Waals surface area contributed by atoms with Crippen molar-refractivity contribution in [1.82, 2.24) is 5.32 Å². The van der Waals surface area contributed by atoms with Crippen LogP contribution in [0.2, 0.25) is 0 Å². The van der Waals surface area contributed by atoms with E-state index in [1.807, 2.05) is 6.92 Å². The van der Waals surface area contributed by atoms with Gasteiger partial charge in [-0.25, -0.2) is 0 Å². The van der Waals surface area contributed by atoms with Crippen LogP contribution in [0.5, 0.6) is 11.5 Å². The Balaban J connectivity index is 1.84. The lowest BCUT2D eigenvalue weighted by Crippen LogP contribution is -2.19. The monoisotopic (exact) mass is 355 g/mol. The third-order valence-corrected chi connectivity index (χ3v) is 4.52. The molecule has 0 aromatic heterocycles. The van der Waals surface area contributed by atoms with Gasteiger partial charge in [0, 0.05) is 6.07 Å². The molecular weight excluding hydrogens is 322 g/mol. The maximum atomic E-state index is 5.79. The second-order valence-corrected chi connectivity index (χ2v) is 6.54. The molecule has 0 radical (unpaired) electrons. The molecule has 2 aromatic rings. The minimum atomic E-state index is 0.685. The zero-order valence-electron chi connectivity index (χ0n) is 16.5. The van der Waals surface area contributed by atoms with Crippen LogP contribution in [0.1, 0.15) is 43.4 Å². The molecule has 1 N–H and O–H groups in total. The summed E-state index contributed by atoms with van der Waals surface area (Å²) in [4.78, 5) is 0. The minimum absolute atomic E-state index is 0.685. The van der Waals surface area contributed by atoms with Crippen LogP contribution in [-0.2, 0) is 19.3 Å². The van der Waals surface area contributed by atoms with Crippen molar-refractivity contribution >= 4 is 0 Å². The summed E-state index contributed by atoms with van der Waals surface area (Å²) in [5.41, 5.74) is 3.96. The van der Waals surface area contributed by atoms with Crippen molar-refractivity contribution in [3.63, 3.8) is 0 Å². The largest absolute Gasteiger partial charge is 0.496 e. The molecule has 3 heteroatoms. The summed E-state index contributed by atoms with van der Waals surface area (Å²) in [6, 6.07) is 15.0. The third-order valence-electron chi connectivity index (χ3n) is 4.52. The van der Waals surface area contributed by atoms with Gasteiger partial charge in [0.15, 0.2) is 0 Å². The van der Waals surface area contributed by atoms with Crippen LogP contribution in [0.25, 0.3) is 0 Å². The van der Waals surface area contributed by atoms with Gasteiger partial charge in [-0.05, 0) is 68.5 Å². The molecule has 26 heavy (non-hydrogen) atoms. The van der Waals surface area contributed by atoms with Gasteiger partial charge in [-0.1, -0.05) is 43.7 Å². The smallest absolute Gasteiger partial charge is 0.126 e. The highest BCUT2D eigenvalue weighted by atomic mass is 16.5. The Morgan fingerprint density at radius 2 is 1.62 bits per heavy atom. The zero-order valence-corrected chi connectivity index (χ0v) is 16.5. The van der Waals surface area contributed by atoms with Crippen molar-refractivity contribution in [3.05, 3.63) is 59.2 Å². The molecule has 0 saturated heterocycles. The van der Waals surface area contributed by atoms with Gasteiger partial charge in [-0.15, -0.1) is 0 Å². The lowest BCUT2D eigenvalue weighted by molar-refractivity contribution is 0.331. The van der Waals surface area contributed by atoms with Gasteiger partial charge in [0.2, 0.25) is 0 Å². The van der Waals surface area contributed by atoms with Crippen molar-refractivity contribution in [3.8, 4) is 11.5 Å². The first-order valence-corrected chi connectivity index (χ1v) is 9.85. The fourth-order valence-corrected chi connectivity index (χ4v) is 3.20. The average molecular weight is 356 g/mol. The highest BCUT2D eigenvalue weighted by molar-refractivity contribution is 5.47. The van der Waals surface area contributed by atoms with Crippen LogP contribution < -0.4 is 14.8 Å². The summed E-state index contributed by atoms with van der Waals surface area (Å²) >= 11 is 0. The summed E-state index contributed by atoms with van der Waals surface area (Å²) in [6.45, 7) is 6.95. The van der Waals surface area contributed by atoms with Crippen LogP contribution in [0.15, 0.2) is 42.5 Å². The Bertz CT molecular complexity index is 640. The van der Waals surface area contributed by atoms with Crippen molar-refractivity contribution in [2.24, 2.45) is 0 Å². The number of aryl methyl sites for hydroxylation is 2. The Labute approximate surface area is 158 Å². The van der Waals surface area contributed by atoms with Crippen molar-refractivity contribution in [2.75, 3.05) is 26.8 Å². The zero-order chi connectivity index (χ0) is 18.6. The number of ether oxygens (including phenoxy) is 2.